The summed E-state index contributed by atoms with van der Waals surface area (Å²) in [6.45, 7) is 2.15. The number of thioether (sulfide) groups is 1. The first-order valence-corrected chi connectivity index (χ1v) is 9.93. The van der Waals surface area contributed by atoms with E-state index in [1.54, 1.807) is 23.9 Å². The van der Waals surface area contributed by atoms with Gasteiger partial charge < -0.3 is 10.2 Å². The van der Waals surface area contributed by atoms with E-state index >= 15 is 0 Å². The minimum Gasteiger partial charge on any atom is -0.350 e. The molecular weight excluding hydrogens is 373 g/mol. The van der Waals surface area contributed by atoms with Crippen molar-refractivity contribution in [1.82, 2.24) is 4.90 Å². The molecule has 0 radical (unpaired) electrons. The topological polar surface area (TPSA) is 44.7 Å². The van der Waals surface area contributed by atoms with Crippen LogP contribution in [-0.4, -0.2) is 40.4 Å². The molecule has 144 valence electrons. The third kappa shape index (κ3) is 5.36. The Kier molecular flexibility index (Phi) is 7.77. The summed E-state index contributed by atoms with van der Waals surface area (Å²) in [6.07, 6.45) is 6.65. The molecule has 1 saturated heterocycles. The van der Waals surface area contributed by atoms with Crippen LogP contribution in [0.2, 0.25) is 0 Å². The van der Waals surface area contributed by atoms with Crippen LogP contribution in [0, 0.1) is 5.82 Å². The zero-order valence-corrected chi connectivity index (χ0v) is 16.9. The molecule has 2 fully saturated rings. The van der Waals surface area contributed by atoms with Crippen LogP contribution in [0.15, 0.2) is 29.3 Å². The van der Waals surface area contributed by atoms with Gasteiger partial charge in [0.15, 0.2) is 5.17 Å². The Morgan fingerprint density at radius 2 is 1.92 bits per heavy atom. The zero-order chi connectivity index (χ0) is 17.8. The average Bonchev–Trinajstić information content (AvgIpc) is 2.85. The molecule has 0 spiro atoms. The van der Waals surface area contributed by atoms with E-state index in [4.69, 9.17) is 4.99 Å². The Hall–Kier alpha value is -1.27. The number of halogens is 2. The highest BCUT2D eigenvalue weighted by molar-refractivity contribution is 8.14. The van der Waals surface area contributed by atoms with Crippen LogP contribution >= 0.6 is 24.2 Å². The first-order valence-electron chi connectivity index (χ1n) is 9.05. The van der Waals surface area contributed by atoms with Crippen molar-refractivity contribution in [3.05, 3.63) is 30.1 Å². The van der Waals surface area contributed by atoms with Crippen LogP contribution in [0.3, 0.4) is 0 Å². The number of anilines is 1. The number of aliphatic imine (C=N–C) groups is 1. The fourth-order valence-corrected chi connectivity index (χ4v) is 4.79. The van der Waals surface area contributed by atoms with Crippen LogP contribution in [0.4, 0.5) is 10.1 Å². The van der Waals surface area contributed by atoms with E-state index in [0.29, 0.717) is 23.4 Å². The summed E-state index contributed by atoms with van der Waals surface area (Å²) in [4.78, 5) is 19.5. The van der Waals surface area contributed by atoms with Gasteiger partial charge in [-0.1, -0.05) is 37.9 Å². The molecule has 2 aliphatic rings. The predicted octanol–water partition coefficient (Wildman–Crippen LogP) is 4.70. The van der Waals surface area contributed by atoms with E-state index in [2.05, 4.69) is 17.1 Å². The number of nitrogens with one attached hydrogen (secondary N) is 1. The van der Waals surface area contributed by atoms with Crippen LogP contribution in [-0.2, 0) is 4.79 Å². The van der Waals surface area contributed by atoms with E-state index in [1.165, 1.54) is 44.2 Å². The number of amidine groups is 1. The SMILES string of the molecule is CC1SC(=NC2CCCCC2)N(C)C1CC(=O)Nc1ccc(F)cc1.Cl. The lowest BCUT2D eigenvalue weighted by Gasteiger charge is -2.24. The molecule has 1 aliphatic heterocycles. The Bertz CT molecular complexity index is 634. The number of hydrogen-bond acceptors (Lipinski definition) is 3. The summed E-state index contributed by atoms with van der Waals surface area (Å²) in [6, 6.07) is 6.44. The van der Waals surface area contributed by atoms with Crippen molar-refractivity contribution in [2.45, 2.75) is 62.8 Å². The van der Waals surface area contributed by atoms with Crippen molar-refractivity contribution >= 4 is 40.9 Å². The number of carbonyl (C=O) groups excluding carboxylic acids is 1. The summed E-state index contributed by atoms with van der Waals surface area (Å²) in [5.74, 6) is -0.350. The molecule has 0 bridgehead atoms. The highest BCUT2D eigenvalue weighted by atomic mass is 35.5. The fraction of sp³-hybridized carbons (Fsp3) is 0.579. The second-order valence-electron chi connectivity index (χ2n) is 6.96. The van der Waals surface area contributed by atoms with E-state index < -0.39 is 0 Å². The van der Waals surface area contributed by atoms with Crippen molar-refractivity contribution in [3.63, 3.8) is 0 Å². The standard InChI is InChI=1S/C19H26FN3OS.ClH/c1-13-17(12-18(24)21-16-10-8-14(20)9-11-16)23(2)19(25-13)22-15-6-4-3-5-7-15;/h8-11,13,15,17H,3-7,12H2,1-2H3,(H,21,24);1H. The third-order valence-corrected chi connectivity index (χ3v) is 6.31. The minimum atomic E-state index is -0.304. The molecule has 1 aromatic carbocycles. The second-order valence-corrected chi connectivity index (χ2v) is 8.31. The maximum atomic E-state index is 13.0. The summed E-state index contributed by atoms with van der Waals surface area (Å²) < 4.78 is 13.0. The van der Waals surface area contributed by atoms with Gasteiger partial charge in [-0.2, -0.15) is 0 Å². The first-order chi connectivity index (χ1) is 12.0. The molecule has 2 atom stereocenters. The molecular formula is C19H27ClFN3OS. The lowest BCUT2D eigenvalue weighted by atomic mass is 9.96. The van der Waals surface area contributed by atoms with Crippen molar-refractivity contribution in [1.29, 1.82) is 0 Å². The van der Waals surface area contributed by atoms with Gasteiger partial charge in [0, 0.05) is 24.4 Å². The van der Waals surface area contributed by atoms with Gasteiger partial charge in [0.05, 0.1) is 12.1 Å². The minimum absolute atomic E-state index is 0. The number of amides is 1. The fourth-order valence-electron chi connectivity index (χ4n) is 3.51. The first kappa shape index (κ1) is 21.0. The quantitative estimate of drug-likeness (QED) is 0.798. The number of benzene rings is 1. The predicted molar refractivity (Wildman–Crippen MR) is 110 cm³/mol. The van der Waals surface area contributed by atoms with E-state index in [1.807, 2.05) is 7.05 Å². The average molecular weight is 400 g/mol. The van der Waals surface area contributed by atoms with E-state index in [-0.39, 0.29) is 30.2 Å². The molecule has 1 N–H and O–H groups in total. The molecule has 26 heavy (non-hydrogen) atoms. The van der Waals surface area contributed by atoms with Crippen LogP contribution in [0.5, 0.6) is 0 Å². The van der Waals surface area contributed by atoms with Crippen molar-refractivity contribution < 1.29 is 9.18 Å². The summed E-state index contributed by atoms with van der Waals surface area (Å²) in [5.41, 5.74) is 0.628. The summed E-state index contributed by atoms with van der Waals surface area (Å²) >= 11 is 1.77. The number of nitrogens with zero attached hydrogens (tertiary/aromatic N) is 2. The molecule has 1 aliphatic carbocycles. The van der Waals surface area contributed by atoms with Crippen LogP contribution in [0.25, 0.3) is 0 Å². The number of carbonyl (C=O) groups is 1. The Labute approximate surface area is 165 Å². The summed E-state index contributed by atoms with van der Waals surface area (Å²) in [5, 5.41) is 4.25. The van der Waals surface area contributed by atoms with Gasteiger partial charge in [-0.25, -0.2) is 4.39 Å². The van der Waals surface area contributed by atoms with Gasteiger partial charge in [-0.15, -0.1) is 12.4 Å². The molecule has 0 aromatic heterocycles. The smallest absolute Gasteiger partial charge is 0.226 e. The van der Waals surface area contributed by atoms with Gasteiger partial charge in [0.2, 0.25) is 5.91 Å². The van der Waals surface area contributed by atoms with Crippen molar-refractivity contribution in [2.24, 2.45) is 4.99 Å². The second kappa shape index (κ2) is 9.60. The molecule has 4 nitrogen and oxygen atoms in total. The van der Waals surface area contributed by atoms with Gasteiger partial charge in [0.1, 0.15) is 5.82 Å². The molecule has 3 rings (SSSR count). The van der Waals surface area contributed by atoms with Crippen molar-refractivity contribution in [2.75, 3.05) is 12.4 Å². The molecule has 1 amide bonds. The molecule has 2 unspecified atom stereocenters. The highest BCUT2D eigenvalue weighted by Gasteiger charge is 2.35. The van der Waals surface area contributed by atoms with Gasteiger partial charge in [-0.05, 0) is 37.1 Å². The number of hydrogen-bond donors (Lipinski definition) is 1. The van der Waals surface area contributed by atoms with E-state index in [9.17, 15) is 9.18 Å². The Morgan fingerprint density at radius 3 is 2.58 bits per heavy atom. The van der Waals surface area contributed by atoms with E-state index in [0.717, 1.165) is 5.17 Å². The largest absolute Gasteiger partial charge is 0.350 e. The molecule has 1 heterocycles. The maximum Gasteiger partial charge on any atom is 0.226 e. The molecule has 1 aromatic rings. The normalized spacial score (nSPS) is 25.2. The van der Waals surface area contributed by atoms with Gasteiger partial charge in [-0.3, -0.25) is 9.79 Å². The summed E-state index contributed by atoms with van der Waals surface area (Å²) in [7, 11) is 2.04. The zero-order valence-electron chi connectivity index (χ0n) is 15.3. The van der Waals surface area contributed by atoms with Gasteiger partial charge >= 0.3 is 0 Å². The lowest BCUT2D eigenvalue weighted by molar-refractivity contribution is -0.117. The monoisotopic (exact) mass is 399 g/mol. The van der Waals surface area contributed by atoms with Crippen molar-refractivity contribution in [3.8, 4) is 0 Å². The van der Waals surface area contributed by atoms with Gasteiger partial charge in [0.25, 0.3) is 0 Å². The third-order valence-electron chi connectivity index (χ3n) is 5.02. The van der Waals surface area contributed by atoms with Crippen LogP contribution < -0.4 is 5.32 Å². The molecule has 1 saturated carbocycles. The lowest BCUT2D eigenvalue weighted by Crippen LogP contribution is -2.36. The molecule has 7 heteroatoms. The Balaban J connectivity index is 0.00000243. The van der Waals surface area contributed by atoms with Crippen LogP contribution in [0.1, 0.15) is 45.4 Å². The number of rotatable bonds is 4. The highest BCUT2D eigenvalue weighted by Crippen LogP contribution is 2.34. The maximum absolute atomic E-state index is 13.0. The Morgan fingerprint density at radius 1 is 1.27 bits per heavy atom.